The summed E-state index contributed by atoms with van der Waals surface area (Å²) in [4.78, 5) is 14.3. The molecule has 2 N–H and O–H groups in total. The van der Waals surface area contributed by atoms with E-state index < -0.39 is 0 Å². The van der Waals surface area contributed by atoms with Gasteiger partial charge in [-0.05, 0) is 24.8 Å². The second-order valence-electron chi connectivity index (χ2n) is 6.35. The summed E-state index contributed by atoms with van der Waals surface area (Å²) in [6.45, 7) is 8.63. The van der Waals surface area contributed by atoms with Crippen molar-refractivity contribution in [2.75, 3.05) is 37.7 Å². The fourth-order valence-corrected chi connectivity index (χ4v) is 2.40. The lowest BCUT2D eigenvalue weighted by Gasteiger charge is -2.28. The minimum absolute atomic E-state index is 0.0375. The molecule has 21 heavy (non-hydrogen) atoms. The molecule has 0 unspecified atom stereocenters. The Kier molecular flexibility index (Phi) is 5.36. The van der Waals surface area contributed by atoms with Crippen LogP contribution in [0.4, 0.5) is 5.69 Å². The van der Waals surface area contributed by atoms with Crippen LogP contribution in [0.25, 0.3) is 0 Å². The van der Waals surface area contributed by atoms with Crippen molar-refractivity contribution in [3.8, 4) is 0 Å². The number of anilines is 1. The summed E-state index contributed by atoms with van der Waals surface area (Å²) in [6, 6.07) is 1.67. The third kappa shape index (κ3) is 4.54. The normalized spacial score (nSPS) is 16.2. The molecule has 1 fully saturated rings. The van der Waals surface area contributed by atoms with Gasteiger partial charge in [-0.25, -0.2) is 4.68 Å². The number of ether oxygens (including phenoxy) is 1. The highest BCUT2D eigenvalue weighted by molar-refractivity contribution is 5.43. The number of morpholine rings is 1. The minimum Gasteiger partial charge on any atom is -0.378 e. The summed E-state index contributed by atoms with van der Waals surface area (Å²) in [7, 11) is 0. The van der Waals surface area contributed by atoms with Crippen molar-refractivity contribution in [2.24, 2.45) is 11.1 Å². The van der Waals surface area contributed by atoms with E-state index in [4.69, 9.17) is 10.5 Å². The Morgan fingerprint density at radius 2 is 2.10 bits per heavy atom. The van der Waals surface area contributed by atoms with Crippen LogP contribution in [0.2, 0.25) is 0 Å². The van der Waals surface area contributed by atoms with Gasteiger partial charge in [-0.2, -0.15) is 5.10 Å². The van der Waals surface area contributed by atoms with Gasteiger partial charge in [0, 0.05) is 25.7 Å². The van der Waals surface area contributed by atoms with Crippen molar-refractivity contribution >= 4 is 5.69 Å². The maximum absolute atomic E-state index is 12.1. The van der Waals surface area contributed by atoms with Gasteiger partial charge in [-0.1, -0.05) is 13.8 Å². The zero-order valence-electron chi connectivity index (χ0n) is 13.0. The van der Waals surface area contributed by atoms with Crippen LogP contribution in [0.5, 0.6) is 0 Å². The summed E-state index contributed by atoms with van der Waals surface area (Å²) in [5, 5.41) is 4.29. The molecule has 0 aliphatic carbocycles. The Balaban J connectivity index is 1.94. The van der Waals surface area contributed by atoms with E-state index in [0.29, 0.717) is 26.3 Å². The van der Waals surface area contributed by atoms with Gasteiger partial charge in [0.1, 0.15) is 0 Å². The van der Waals surface area contributed by atoms with E-state index in [2.05, 4.69) is 23.8 Å². The van der Waals surface area contributed by atoms with Crippen molar-refractivity contribution in [1.29, 1.82) is 0 Å². The predicted molar refractivity (Wildman–Crippen MR) is 83.6 cm³/mol. The van der Waals surface area contributed by atoms with Gasteiger partial charge in [-0.15, -0.1) is 0 Å². The molecule has 0 amide bonds. The molecular formula is C15H26N4O2. The average molecular weight is 294 g/mol. The molecule has 1 aliphatic rings. The third-order valence-corrected chi connectivity index (χ3v) is 4.01. The lowest BCUT2D eigenvalue weighted by Crippen LogP contribution is -2.37. The highest BCUT2D eigenvalue weighted by Crippen LogP contribution is 2.20. The molecule has 118 valence electrons. The maximum Gasteiger partial charge on any atom is 0.268 e. The van der Waals surface area contributed by atoms with Gasteiger partial charge in [0.05, 0.1) is 25.1 Å². The van der Waals surface area contributed by atoms with Gasteiger partial charge in [0.2, 0.25) is 0 Å². The zero-order chi connectivity index (χ0) is 15.3. The molecule has 2 rings (SSSR count). The van der Waals surface area contributed by atoms with Crippen molar-refractivity contribution in [3.63, 3.8) is 0 Å². The molecule has 0 radical (unpaired) electrons. The summed E-state index contributed by atoms with van der Waals surface area (Å²) in [5.41, 5.74) is 6.69. The van der Waals surface area contributed by atoms with Crippen LogP contribution < -0.4 is 16.2 Å². The molecule has 1 aromatic heterocycles. The van der Waals surface area contributed by atoms with Crippen LogP contribution >= 0.6 is 0 Å². The molecule has 1 saturated heterocycles. The highest BCUT2D eigenvalue weighted by atomic mass is 16.5. The maximum atomic E-state index is 12.1. The highest BCUT2D eigenvalue weighted by Gasteiger charge is 2.16. The summed E-state index contributed by atoms with van der Waals surface area (Å²) < 4.78 is 6.85. The van der Waals surface area contributed by atoms with Crippen molar-refractivity contribution in [2.45, 2.75) is 33.2 Å². The van der Waals surface area contributed by atoms with Gasteiger partial charge in [-0.3, -0.25) is 4.79 Å². The Morgan fingerprint density at radius 1 is 1.38 bits per heavy atom. The van der Waals surface area contributed by atoms with E-state index in [1.807, 2.05) is 0 Å². The Bertz CT molecular complexity index is 507. The van der Waals surface area contributed by atoms with Gasteiger partial charge in [0.15, 0.2) is 0 Å². The summed E-state index contributed by atoms with van der Waals surface area (Å²) in [5.74, 6) is 0. The summed E-state index contributed by atoms with van der Waals surface area (Å²) >= 11 is 0. The molecule has 0 aromatic carbocycles. The molecule has 0 spiro atoms. The number of nitrogens with zero attached hydrogens (tertiary/aromatic N) is 3. The first kappa shape index (κ1) is 16.0. The minimum atomic E-state index is -0.0375. The monoisotopic (exact) mass is 294 g/mol. The van der Waals surface area contributed by atoms with Crippen molar-refractivity contribution < 1.29 is 4.74 Å². The standard InChI is InChI=1S/C15H26N4O2/c1-15(2,12-16)4-3-5-19-14(20)10-13(11-17-19)18-6-8-21-9-7-18/h10-11H,3-9,12,16H2,1-2H3. The van der Waals surface area contributed by atoms with Crippen LogP contribution in [0, 0.1) is 5.41 Å². The number of aromatic nitrogens is 2. The lowest BCUT2D eigenvalue weighted by molar-refractivity contribution is 0.122. The second kappa shape index (κ2) is 7.04. The zero-order valence-corrected chi connectivity index (χ0v) is 13.0. The molecule has 6 nitrogen and oxygen atoms in total. The molecular weight excluding hydrogens is 268 g/mol. The fraction of sp³-hybridized carbons (Fsp3) is 0.733. The molecule has 2 heterocycles. The first-order chi connectivity index (χ1) is 10.0. The third-order valence-electron chi connectivity index (χ3n) is 4.01. The van der Waals surface area contributed by atoms with Crippen molar-refractivity contribution in [3.05, 3.63) is 22.6 Å². The summed E-state index contributed by atoms with van der Waals surface area (Å²) in [6.07, 6.45) is 3.68. The van der Waals surface area contributed by atoms with Crippen LogP contribution in [0.15, 0.2) is 17.1 Å². The predicted octanol–water partition coefficient (Wildman–Crippen LogP) is 0.845. The Morgan fingerprint density at radius 3 is 2.71 bits per heavy atom. The van der Waals surface area contributed by atoms with Gasteiger partial charge in [0.25, 0.3) is 5.56 Å². The van der Waals surface area contributed by atoms with Crippen LogP contribution in [0.1, 0.15) is 26.7 Å². The molecule has 0 atom stereocenters. The van der Waals surface area contributed by atoms with E-state index in [-0.39, 0.29) is 11.0 Å². The molecule has 6 heteroatoms. The fourth-order valence-electron chi connectivity index (χ4n) is 2.40. The molecule has 1 aromatic rings. The van der Waals surface area contributed by atoms with E-state index in [1.165, 1.54) is 4.68 Å². The molecule has 0 saturated carbocycles. The van der Waals surface area contributed by atoms with E-state index in [0.717, 1.165) is 31.6 Å². The van der Waals surface area contributed by atoms with E-state index in [9.17, 15) is 4.79 Å². The van der Waals surface area contributed by atoms with Crippen LogP contribution in [0.3, 0.4) is 0 Å². The lowest BCUT2D eigenvalue weighted by atomic mass is 9.88. The Labute approximate surface area is 125 Å². The van der Waals surface area contributed by atoms with Gasteiger partial charge < -0.3 is 15.4 Å². The number of rotatable bonds is 6. The number of hydrogen-bond donors (Lipinski definition) is 1. The first-order valence-corrected chi connectivity index (χ1v) is 7.62. The molecule has 1 aliphatic heterocycles. The number of aryl methyl sites for hydroxylation is 1. The molecule has 0 bridgehead atoms. The average Bonchev–Trinajstić information content (AvgIpc) is 2.49. The number of nitrogens with two attached hydrogens (primary N) is 1. The Hall–Kier alpha value is -1.40. The largest absolute Gasteiger partial charge is 0.378 e. The van der Waals surface area contributed by atoms with E-state index in [1.54, 1.807) is 12.3 Å². The van der Waals surface area contributed by atoms with Crippen molar-refractivity contribution in [1.82, 2.24) is 9.78 Å². The number of hydrogen-bond acceptors (Lipinski definition) is 5. The quantitative estimate of drug-likeness (QED) is 0.842. The van der Waals surface area contributed by atoms with Gasteiger partial charge >= 0.3 is 0 Å². The van der Waals surface area contributed by atoms with E-state index >= 15 is 0 Å². The topological polar surface area (TPSA) is 73.4 Å². The first-order valence-electron chi connectivity index (χ1n) is 7.62. The second-order valence-corrected chi connectivity index (χ2v) is 6.35. The SMILES string of the molecule is CC(C)(CN)CCCn1ncc(N2CCOCC2)cc1=O. The smallest absolute Gasteiger partial charge is 0.268 e. The van der Waals surface area contributed by atoms with Crippen LogP contribution in [-0.4, -0.2) is 42.6 Å². The van der Waals surface area contributed by atoms with Crippen LogP contribution in [-0.2, 0) is 11.3 Å².